The van der Waals surface area contributed by atoms with Crippen molar-refractivity contribution in [3.63, 3.8) is 0 Å². The van der Waals surface area contributed by atoms with Crippen LogP contribution in [-0.4, -0.2) is 37.9 Å². The highest BCUT2D eigenvalue weighted by molar-refractivity contribution is 7.15. The summed E-state index contributed by atoms with van der Waals surface area (Å²) in [5.41, 5.74) is 5.22. The van der Waals surface area contributed by atoms with Gasteiger partial charge in [0.25, 0.3) is 0 Å². The van der Waals surface area contributed by atoms with Crippen molar-refractivity contribution in [2.45, 2.75) is 65.6 Å². The maximum atomic E-state index is 15.6. The quantitative estimate of drug-likeness (QED) is 0.200. The van der Waals surface area contributed by atoms with Crippen LogP contribution in [0.4, 0.5) is 8.78 Å². The van der Waals surface area contributed by atoms with Crippen LogP contribution in [0.5, 0.6) is 5.75 Å². The lowest BCUT2D eigenvalue weighted by Gasteiger charge is -2.29. The van der Waals surface area contributed by atoms with Crippen LogP contribution in [-0.2, 0) is 22.4 Å². The van der Waals surface area contributed by atoms with Crippen LogP contribution in [0.3, 0.4) is 0 Å². The number of aliphatic carboxylic acids is 1. The Bertz CT molecular complexity index is 1890. The number of pyridine rings is 1. The van der Waals surface area contributed by atoms with Crippen molar-refractivity contribution in [3.8, 4) is 27.6 Å². The molecule has 4 heterocycles. The number of ether oxygens (including phenoxy) is 2. The topological polar surface area (TPSA) is 86.0 Å². The molecular weight excluding hydrogens is 584 g/mol. The second-order valence-corrected chi connectivity index (χ2v) is 13.2. The van der Waals surface area contributed by atoms with Gasteiger partial charge in [0.2, 0.25) is 0 Å². The van der Waals surface area contributed by atoms with E-state index < -0.39 is 23.5 Å². The Kier molecular flexibility index (Phi) is 7.75. The number of aromatic nitrogens is 3. The molecule has 0 amide bonds. The van der Waals surface area contributed by atoms with Crippen LogP contribution >= 0.6 is 11.3 Å². The summed E-state index contributed by atoms with van der Waals surface area (Å²) >= 11 is 1.48. The molecule has 228 valence electrons. The van der Waals surface area contributed by atoms with Crippen LogP contribution < -0.4 is 4.74 Å². The molecule has 2 aromatic carbocycles. The summed E-state index contributed by atoms with van der Waals surface area (Å²) in [4.78, 5) is 18.4. The smallest absolute Gasteiger partial charge is 0.337 e. The molecule has 10 heteroatoms. The summed E-state index contributed by atoms with van der Waals surface area (Å²) in [5.74, 6) is -1.65. The van der Waals surface area contributed by atoms with Crippen molar-refractivity contribution in [2.24, 2.45) is 0 Å². The van der Waals surface area contributed by atoms with Gasteiger partial charge in [0.1, 0.15) is 16.5 Å². The number of rotatable bonds is 7. The fraction of sp³-hybridized carbons (Fsp3) is 0.324. The molecule has 0 saturated heterocycles. The Morgan fingerprint density at radius 2 is 1.93 bits per heavy atom. The highest BCUT2D eigenvalue weighted by Gasteiger charge is 2.34. The monoisotopic (exact) mass is 617 g/mol. The number of benzene rings is 2. The predicted octanol–water partition coefficient (Wildman–Crippen LogP) is 7.88. The number of fused-ring (bicyclic) bond motifs is 2. The lowest BCUT2D eigenvalue weighted by atomic mass is 9.87. The van der Waals surface area contributed by atoms with E-state index >= 15 is 4.39 Å². The molecule has 6 rings (SSSR count). The number of halogens is 2. The molecule has 44 heavy (non-hydrogen) atoms. The van der Waals surface area contributed by atoms with Gasteiger partial charge in [-0.3, -0.25) is 0 Å². The summed E-state index contributed by atoms with van der Waals surface area (Å²) < 4.78 is 42.5. The zero-order valence-electron chi connectivity index (χ0n) is 25.2. The van der Waals surface area contributed by atoms with E-state index in [4.69, 9.17) is 14.6 Å². The molecule has 5 aromatic rings. The maximum absolute atomic E-state index is 15.6. The zero-order valence-corrected chi connectivity index (χ0v) is 26.0. The summed E-state index contributed by atoms with van der Waals surface area (Å²) in [6.45, 7) is 9.61. The van der Waals surface area contributed by atoms with Crippen LogP contribution in [0.1, 0.15) is 66.0 Å². The van der Waals surface area contributed by atoms with Crippen LogP contribution in [0, 0.1) is 25.5 Å². The van der Waals surface area contributed by atoms with Gasteiger partial charge in [0, 0.05) is 40.4 Å². The predicted molar refractivity (Wildman–Crippen MR) is 165 cm³/mol. The first-order valence-corrected chi connectivity index (χ1v) is 15.3. The van der Waals surface area contributed by atoms with E-state index in [-0.39, 0.29) is 11.6 Å². The molecule has 1 atom stereocenters. The fourth-order valence-corrected chi connectivity index (χ4v) is 6.71. The first-order valence-electron chi connectivity index (χ1n) is 14.5. The Hall–Kier alpha value is -4.15. The molecule has 1 aliphatic heterocycles. The molecule has 7 nitrogen and oxygen atoms in total. The Labute approximate surface area is 258 Å². The third-order valence-electron chi connectivity index (χ3n) is 7.73. The van der Waals surface area contributed by atoms with Gasteiger partial charge in [-0.15, -0.1) is 11.3 Å². The molecule has 1 unspecified atom stereocenters. The minimum absolute atomic E-state index is 0.258. The number of carboxylic acids is 1. The van der Waals surface area contributed by atoms with Crippen molar-refractivity contribution >= 4 is 22.8 Å². The van der Waals surface area contributed by atoms with E-state index in [1.807, 2.05) is 19.9 Å². The molecule has 3 aromatic heterocycles. The number of nitrogens with zero attached hydrogens (tertiary/aromatic N) is 3. The average Bonchev–Trinajstić information content (AvgIpc) is 3.61. The van der Waals surface area contributed by atoms with E-state index in [1.165, 1.54) is 29.5 Å². The van der Waals surface area contributed by atoms with Gasteiger partial charge in [-0.2, -0.15) is 5.10 Å². The molecule has 0 aliphatic carbocycles. The molecule has 1 aliphatic rings. The Morgan fingerprint density at radius 3 is 2.64 bits per heavy atom. The number of carboxylic acid groups (broad SMARTS) is 1. The second kappa shape index (κ2) is 11.4. The van der Waals surface area contributed by atoms with E-state index in [0.29, 0.717) is 57.9 Å². The number of carbonyl (C=O) groups is 1. The Morgan fingerprint density at radius 1 is 1.18 bits per heavy atom. The molecule has 0 radical (unpaired) electrons. The Balaban J connectivity index is 1.55. The van der Waals surface area contributed by atoms with Gasteiger partial charge < -0.3 is 14.6 Å². The molecule has 0 fully saturated rings. The van der Waals surface area contributed by atoms with E-state index in [0.717, 1.165) is 28.0 Å². The van der Waals surface area contributed by atoms with Crippen molar-refractivity contribution in [2.75, 3.05) is 6.61 Å². The minimum atomic E-state index is -1.31. The maximum Gasteiger partial charge on any atom is 0.337 e. The van der Waals surface area contributed by atoms with E-state index in [1.54, 1.807) is 49.8 Å². The van der Waals surface area contributed by atoms with Crippen molar-refractivity contribution < 1.29 is 28.2 Å². The molecule has 0 bridgehead atoms. The number of hydrogen-bond donors (Lipinski definition) is 1. The van der Waals surface area contributed by atoms with Gasteiger partial charge in [0.15, 0.2) is 17.7 Å². The minimum Gasteiger partial charge on any atom is -0.490 e. The molecule has 0 spiro atoms. The summed E-state index contributed by atoms with van der Waals surface area (Å²) in [6, 6.07) is 9.67. The van der Waals surface area contributed by atoms with Gasteiger partial charge >= 0.3 is 5.97 Å². The third-order valence-corrected chi connectivity index (χ3v) is 8.75. The van der Waals surface area contributed by atoms with E-state index in [2.05, 4.69) is 4.98 Å². The van der Waals surface area contributed by atoms with Gasteiger partial charge in [0.05, 0.1) is 17.7 Å². The lowest BCUT2D eigenvalue weighted by molar-refractivity contribution is -0.160. The molecule has 0 saturated carbocycles. The largest absolute Gasteiger partial charge is 0.490 e. The second-order valence-electron chi connectivity index (χ2n) is 12.1. The lowest BCUT2D eigenvalue weighted by Crippen LogP contribution is -2.28. The first kappa shape index (κ1) is 29.9. The fourth-order valence-electron chi connectivity index (χ4n) is 5.81. The summed E-state index contributed by atoms with van der Waals surface area (Å²) in [7, 11) is 0. The summed E-state index contributed by atoms with van der Waals surface area (Å²) in [5, 5.41) is 15.9. The highest BCUT2D eigenvalue weighted by Crippen LogP contribution is 2.44. The standard InChI is InChI=1S/C34H33F2N3O4S/c1-18-17-39-27(15-26(38-39)32-37-16-22(44-32)13-20-8-10-21(35)11-9-20)29(28(18)31(33(40)41)43-34(3,4)5)24-14-25(36)30-23(19(24)2)7-6-12-42-30/h8-11,14-17,31H,6-7,12-13H2,1-5H3,(H,40,41). The molecular formula is C34H33F2N3O4S. The number of thiazole rings is 1. The molecule has 1 N–H and O–H groups in total. The zero-order chi connectivity index (χ0) is 31.3. The van der Waals surface area contributed by atoms with Crippen LogP contribution in [0.2, 0.25) is 0 Å². The van der Waals surface area contributed by atoms with Crippen molar-refractivity contribution in [3.05, 3.63) is 93.1 Å². The first-order chi connectivity index (χ1) is 20.9. The van der Waals surface area contributed by atoms with Crippen molar-refractivity contribution in [1.29, 1.82) is 0 Å². The van der Waals surface area contributed by atoms with Gasteiger partial charge in [-0.1, -0.05) is 12.1 Å². The normalized spacial score (nSPS) is 14.0. The number of hydrogen-bond acceptors (Lipinski definition) is 6. The third kappa shape index (κ3) is 5.71. The van der Waals surface area contributed by atoms with Crippen LogP contribution in [0.15, 0.2) is 48.8 Å². The summed E-state index contributed by atoms with van der Waals surface area (Å²) in [6.07, 6.45) is 4.26. The van der Waals surface area contributed by atoms with Crippen molar-refractivity contribution in [1.82, 2.24) is 14.6 Å². The van der Waals surface area contributed by atoms with Crippen LogP contribution in [0.25, 0.3) is 27.3 Å². The highest BCUT2D eigenvalue weighted by atomic mass is 32.1. The van der Waals surface area contributed by atoms with Gasteiger partial charge in [-0.05, 0) is 94.0 Å². The van der Waals surface area contributed by atoms with E-state index in [9.17, 15) is 14.3 Å². The number of aryl methyl sites for hydroxylation is 1. The van der Waals surface area contributed by atoms with Gasteiger partial charge in [-0.25, -0.2) is 23.1 Å². The SMILES string of the molecule is Cc1cn2nc(-c3ncc(Cc4ccc(F)cc4)s3)cc2c(-c2cc(F)c3c(c2C)CCCO3)c1C(OC(C)(C)C)C(=O)O. The average molecular weight is 618 g/mol.